The van der Waals surface area contributed by atoms with E-state index < -0.39 is 0 Å². The highest BCUT2D eigenvalue weighted by Gasteiger charge is 2.08. The van der Waals surface area contributed by atoms with E-state index in [1.54, 1.807) is 41.3 Å². The maximum absolute atomic E-state index is 5.92. The minimum absolute atomic E-state index is 0.357. The van der Waals surface area contributed by atoms with Crippen LogP contribution in [0.25, 0.3) is 5.65 Å². The molecule has 18 heavy (non-hydrogen) atoms. The minimum atomic E-state index is 0.357. The molecule has 6 nitrogen and oxygen atoms in total. The van der Waals surface area contributed by atoms with Gasteiger partial charge in [0.15, 0.2) is 0 Å². The summed E-state index contributed by atoms with van der Waals surface area (Å²) in [6, 6.07) is 5.00. The fourth-order valence-electron chi connectivity index (χ4n) is 1.49. The fourth-order valence-corrected chi connectivity index (χ4v) is 1.66. The molecule has 0 aliphatic heterocycles. The monoisotopic (exact) mass is 261 g/mol. The van der Waals surface area contributed by atoms with Crippen LogP contribution in [0.2, 0.25) is 5.02 Å². The lowest BCUT2D eigenvalue weighted by Gasteiger charge is -2.06. The molecule has 0 bridgehead atoms. The molecule has 0 amide bonds. The molecular weight excluding hydrogens is 254 g/mol. The van der Waals surface area contributed by atoms with Crippen molar-refractivity contribution in [1.82, 2.24) is 19.6 Å². The highest BCUT2D eigenvalue weighted by atomic mass is 35.5. The third-order valence-corrected chi connectivity index (χ3v) is 2.70. The van der Waals surface area contributed by atoms with Gasteiger partial charge in [-0.2, -0.15) is 0 Å². The van der Waals surface area contributed by atoms with Crippen molar-refractivity contribution in [2.75, 3.05) is 5.73 Å². The smallest absolute Gasteiger partial charge is 0.265 e. The molecule has 0 saturated heterocycles. The molecule has 1 aromatic carbocycles. The number of benzene rings is 1. The number of hydrogen-bond acceptors (Lipinski definition) is 5. The summed E-state index contributed by atoms with van der Waals surface area (Å²) in [6.07, 6.45) is 4.91. The molecule has 0 saturated carbocycles. The van der Waals surface area contributed by atoms with Crippen LogP contribution in [0.15, 0.2) is 36.9 Å². The second-order valence-electron chi connectivity index (χ2n) is 3.58. The van der Waals surface area contributed by atoms with Gasteiger partial charge in [-0.3, -0.25) is 4.40 Å². The molecule has 7 heteroatoms. The zero-order valence-corrected chi connectivity index (χ0v) is 9.87. The van der Waals surface area contributed by atoms with Crippen molar-refractivity contribution in [3.8, 4) is 11.6 Å². The molecule has 0 spiro atoms. The minimum Gasteiger partial charge on any atom is -0.436 e. The van der Waals surface area contributed by atoms with Crippen molar-refractivity contribution in [2.45, 2.75) is 0 Å². The number of aromatic nitrogens is 4. The Bertz CT molecular complexity index is 711. The number of hydrogen-bond donors (Lipinski definition) is 1. The highest BCUT2D eigenvalue weighted by Crippen LogP contribution is 2.28. The third-order valence-electron chi connectivity index (χ3n) is 2.37. The van der Waals surface area contributed by atoms with Crippen molar-refractivity contribution in [2.24, 2.45) is 0 Å². The van der Waals surface area contributed by atoms with Gasteiger partial charge in [0, 0.05) is 18.5 Å². The van der Waals surface area contributed by atoms with Crippen molar-refractivity contribution >= 4 is 22.9 Å². The van der Waals surface area contributed by atoms with E-state index in [0.29, 0.717) is 28.0 Å². The Labute approximate surface area is 107 Å². The van der Waals surface area contributed by atoms with Gasteiger partial charge in [0.2, 0.25) is 5.65 Å². The van der Waals surface area contributed by atoms with E-state index in [2.05, 4.69) is 15.2 Å². The summed E-state index contributed by atoms with van der Waals surface area (Å²) in [7, 11) is 0. The number of anilines is 1. The number of nitrogens with zero attached hydrogens (tertiary/aromatic N) is 4. The van der Waals surface area contributed by atoms with Gasteiger partial charge in [-0.25, -0.2) is 4.98 Å². The first kappa shape index (κ1) is 10.8. The number of ether oxygens (including phenoxy) is 1. The van der Waals surface area contributed by atoms with Gasteiger partial charge in [0.1, 0.15) is 12.1 Å². The molecule has 0 unspecified atom stereocenters. The lowest BCUT2D eigenvalue weighted by molar-refractivity contribution is 0.465. The van der Waals surface area contributed by atoms with Crippen molar-refractivity contribution < 1.29 is 4.74 Å². The Morgan fingerprint density at radius 2 is 2.22 bits per heavy atom. The summed E-state index contributed by atoms with van der Waals surface area (Å²) in [5, 5.41) is 8.14. The number of fused-ring (bicyclic) bond motifs is 1. The largest absolute Gasteiger partial charge is 0.436 e. The molecule has 0 atom stereocenters. The van der Waals surface area contributed by atoms with Gasteiger partial charge in [0.25, 0.3) is 5.88 Å². The quantitative estimate of drug-likeness (QED) is 0.715. The molecule has 3 rings (SSSR count). The summed E-state index contributed by atoms with van der Waals surface area (Å²) in [6.45, 7) is 0. The summed E-state index contributed by atoms with van der Waals surface area (Å²) in [4.78, 5) is 4.11. The molecule has 3 aromatic rings. The van der Waals surface area contributed by atoms with Crippen LogP contribution in [-0.4, -0.2) is 19.6 Å². The SMILES string of the molecule is Nc1ccc(Oc2nccn3cnnc23)cc1Cl. The first-order valence-electron chi connectivity index (χ1n) is 5.11. The van der Waals surface area contributed by atoms with Gasteiger partial charge < -0.3 is 10.5 Å². The Hall–Kier alpha value is -2.34. The summed E-state index contributed by atoms with van der Waals surface area (Å²) in [5.41, 5.74) is 6.66. The summed E-state index contributed by atoms with van der Waals surface area (Å²) in [5.74, 6) is 0.897. The van der Waals surface area contributed by atoms with Gasteiger partial charge in [-0.15, -0.1) is 10.2 Å². The number of nitrogens with two attached hydrogens (primary N) is 1. The Morgan fingerprint density at radius 3 is 3.06 bits per heavy atom. The Kier molecular flexibility index (Phi) is 2.49. The van der Waals surface area contributed by atoms with Crippen LogP contribution in [-0.2, 0) is 0 Å². The maximum atomic E-state index is 5.92. The molecule has 0 aliphatic carbocycles. The van der Waals surface area contributed by atoms with Crippen LogP contribution < -0.4 is 10.5 Å². The third kappa shape index (κ3) is 1.82. The Balaban J connectivity index is 2.01. The maximum Gasteiger partial charge on any atom is 0.265 e. The lowest BCUT2D eigenvalue weighted by atomic mass is 10.3. The van der Waals surface area contributed by atoms with Crippen LogP contribution >= 0.6 is 11.6 Å². The standard InChI is InChI=1S/C11H8ClN5O/c12-8-5-7(1-2-9(8)13)18-11-10-16-15-6-17(10)4-3-14-11/h1-6H,13H2. The molecule has 2 heterocycles. The van der Waals surface area contributed by atoms with Crippen LogP contribution in [0.3, 0.4) is 0 Å². The first-order valence-corrected chi connectivity index (χ1v) is 5.49. The van der Waals surface area contributed by atoms with Crippen LogP contribution in [0.4, 0.5) is 5.69 Å². The topological polar surface area (TPSA) is 78.3 Å². The molecule has 0 aliphatic rings. The van der Waals surface area contributed by atoms with E-state index in [-0.39, 0.29) is 0 Å². The van der Waals surface area contributed by atoms with Gasteiger partial charge in [-0.1, -0.05) is 11.6 Å². The first-order chi connectivity index (χ1) is 8.74. The second-order valence-corrected chi connectivity index (χ2v) is 3.99. The van der Waals surface area contributed by atoms with E-state index >= 15 is 0 Å². The van der Waals surface area contributed by atoms with E-state index in [1.165, 1.54) is 0 Å². The van der Waals surface area contributed by atoms with Gasteiger partial charge in [0.05, 0.1) is 10.7 Å². The highest BCUT2D eigenvalue weighted by molar-refractivity contribution is 6.33. The van der Waals surface area contributed by atoms with E-state index in [9.17, 15) is 0 Å². The van der Waals surface area contributed by atoms with Crippen LogP contribution in [0, 0.1) is 0 Å². The second kappa shape index (κ2) is 4.15. The fraction of sp³-hybridized carbons (Fsp3) is 0. The summed E-state index contributed by atoms with van der Waals surface area (Å²) < 4.78 is 7.32. The van der Waals surface area contributed by atoms with Gasteiger partial charge >= 0.3 is 0 Å². The zero-order chi connectivity index (χ0) is 12.5. The number of nitrogen functional groups attached to an aromatic ring is 1. The van der Waals surface area contributed by atoms with Crippen LogP contribution in [0.5, 0.6) is 11.6 Å². The van der Waals surface area contributed by atoms with E-state index in [4.69, 9.17) is 22.1 Å². The average Bonchev–Trinajstić information content (AvgIpc) is 2.83. The van der Waals surface area contributed by atoms with Crippen molar-refractivity contribution in [3.05, 3.63) is 41.9 Å². The molecule has 2 N–H and O–H groups in total. The predicted molar refractivity (Wildman–Crippen MR) is 66.7 cm³/mol. The van der Waals surface area contributed by atoms with Crippen molar-refractivity contribution in [3.63, 3.8) is 0 Å². The molecule has 90 valence electrons. The Morgan fingerprint density at radius 1 is 1.33 bits per heavy atom. The predicted octanol–water partition coefficient (Wildman–Crippen LogP) is 2.15. The lowest BCUT2D eigenvalue weighted by Crippen LogP contribution is -1.94. The molecule has 0 radical (unpaired) electrons. The molecule has 0 fully saturated rings. The normalized spacial score (nSPS) is 10.7. The summed E-state index contributed by atoms with van der Waals surface area (Å²) >= 11 is 5.92. The van der Waals surface area contributed by atoms with Crippen LogP contribution in [0.1, 0.15) is 0 Å². The molecular formula is C11H8ClN5O. The molecule has 2 aromatic heterocycles. The van der Waals surface area contributed by atoms with Crippen molar-refractivity contribution in [1.29, 1.82) is 0 Å². The zero-order valence-electron chi connectivity index (χ0n) is 9.12. The van der Waals surface area contributed by atoms with Gasteiger partial charge in [-0.05, 0) is 12.1 Å². The number of halogens is 1. The van der Waals surface area contributed by atoms with E-state index in [1.807, 2.05) is 0 Å². The van der Waals surface area contributed by atoms with E-state index in [0.717, 1.165) is 0 Å². The number of rotatable bonds is 2. The average molecular weight is 262 g/mol.